The van der Waals surface area contributed by atoms with Gasteiger partial charge in [0.05, 0.1) is 33.8 Å². The van der Waals surface area contributed by atoms with E-state index in [2.05, 4.69) is 99.0 Å². The van der Waals surface area contributed by atoms with Gasteiger partial charge in [-0.15, -0.1) is 0 Å². The Hall–Kier alpha value is -2.81. The number of unbranched alkanes of at least 4 members (excludes halogenated alkanes) is 27. The van der Waals surface area contributed by atoms with Crippen molar-refractivity contribution in [1.82, 2.24) is 5.32 Å². The van der Waals surface area contributed by atoms with Crippen molar-refractivity contribution in [3.05, 3.63) is 85.1 Å². The highest BCUT2D eigenvalue weighted by Gasteiger charge is 2.27. The lowest BCUT2D eigenvalue weighted by Gasteiger charge is -2.30. The third-order valence-electron chi connectivity index (χ3n) is 13.3. The Bertz CT molecular complexity index is 1560. The molecule has 75 heavy (non-hydrogen) atoms. The first kappa shape index (κ1) is 72.2. The number of hydrogen-bond donors (Lipinski definition) is 1. The highest BCUT2D eigenvalue weighted by atomic mass is 31.2. The maximum absolute atomic E-state index is 13.5. The first-order valence-corrected chi connectivity index (χ1v) is 32.4. The number of allylic oxidation sites excluding steroid dienone is 13. The van der Waals surface area contributed by atoms with Gasteiger partial charge in [0.15, 0.2) is 0 Å². The standard InChI is InChI=1S/C65H117N2O7P/c1-7-10-13-16-19-22-25-28-30-31-32-33-34-35-36-37-38-39-42-45-48-51-54-57-64(68)66-62(61-73-75(70,71)72-60-59-67(4,5)6)63(56-53-50-47-44-41-27-24-21-18-15-12-9-3)74-65(69)58-55-52-49-46-43-40-29-26-23-20-17-14-11-8-2/h11,14,19-20,22-23,28,30,32-33,35-36,53,56,62-63H,7-10,12-13,15-18,21,24-27,29,31,34,37-52,54-55,57-61H2,1-6H3,(H-,66,68,70,71)/b14-11+,22-19-,23-20+,30-28-,33-32-,36-35-,56-53-. The Labute approximate surface area is 463 Å². The van der Waals surface area contributed by atoms with Crippen LogP contribution in [0.5, 0.6) is 0 Å². The van der Waals surface area contributed by atoms with Crippen molar-refractivity contribution in [2.24, 2.45) is 0 Å². The molecule has 0 aliphatic carbocycles. The summed E-state index contributed by atoms with van der Waals surface area (Å²) in [6.07, 6.45) is 71.2. The van der Waals surface area contributed by atoms with E-state index in [4.69, 9.17) is 13.8 Å². The summed E-state index contributed by atoms with van der Waals surface area (Å²) in [6.45, 7) is 6.69. The van der Waals surface area contributed by atoms with Crippen molar-refractivity contribution in [3.8, 4) is 0 Å². The number of carbonyl (C=O) groups excluding carboxylic acids is 2. The first-order valence-electron chi connectivity index (χ1n) is 30.9. The molecule has 3 atom stereocenters. The van der Waals surface area contributed by atoms with Crippen LogP contribution in [-0.2, 0) is 27.9 Å². The molecule has 0 bridgehead atoms. The maximum atomic E-state index is 13.5. The number of hydrogen-bond acceptors (Lipinski definition) is 7. The van der Waals surface area contributed by atoms with Crippen LogP contribution >= 0.6 is 7.82 Å². The van der Waals surface area contributed by atoms with Crippen LogP contribution < -0.4 is 10.2 Å². The quantitative estimate of drug-likeness (QED) is 0.0212. The molecule has 1 amide bonds. The van der Waals surface area contributed by atoms with Crippen molar-refractivity contribution in [2.75, 3.05) is 40.9 Å². The van der Waals surface area contributed by atoms with E-state index in [1.54, 1.807) is 0 Å². The SMILES string of the molecule is CC/C=C/C/C=C/CCCCCCCCCC(=O)OC(/C=C\CCCCCCCCCCCC)C(COP(=O)([O-])OCC[N+](C)(C)C)NC(=O)CCCCCCCCC/C=C\C/C=C\C/C=C\C/C=C\CCCCC. The number of quaternary nitrogens is 1. The van der Waals surface area contributed by atoms with Gasteiger partial charge in [0, 0.05) is 12.8 Å². The predicted molar refractivity (Wildman–Crippen MR) is 321 cm³/mol. The molecule has 0 saturated heterocycles. The van der Waals surface area contributed by atoms with Crippen LogP contribution in [0.2, 0.25) is 0 Å². The van der Waals surface area contributed by atoms with Crippen molar-refractivity contribution in [3.63, 3.8) is 0 Å². The fourth-order valence-electron chi connectivity index (χ4n) is 8.54. The van der Waals surface area contributed by atoms with Gasteiger partial charge >= 0.3 is 5.97 Å². The molecular formula is C65H117N2O7P. The third kappa shape index (κ3) is 55.7. The van der Waals surface area contributed by atoms with Crippen LogP contribution in [0.1, 0.15) is 265 Å². The van der Waals surface area contributed by atoms with Gasteiger partial charge < -0.3 is 28.5 Å². The van der Waals surface area contributed by atoms with Gasteiger partial charge in [-0.25, -0.2) is 0 Å². The third-order valence-corrected chi connectivity index (χ3v) is 14.3. The van der Waals surface area contributed by atoms with Crippen molar-refractivity contribution >= 4 is 19.7 Å². The smallest absolute Gasteiger partial charge is 0.306 e. The highest BCUT2D eigenvalue weighted by Crippen LogP contribution is 2.38. The van der Waals surface area contributed by atoms with Gasteiger partial charge in [0.25, 0.3) is 7.82 Å². The lowest BCUT2D eigenvalue weighted by molar-refractivity contribution is -0.870. The number of esters is 1. The van der Waals surface area contributed by atoms with Gasteiger partial charge in [0.1, 0.15) is 19.3 Å². The van der Waals surface area contributed by atoms with Crippen LogP contribution in [0, 0.1) is 0 Å². The Morgan fingerprint density at radius 3 is 1.31 bits per heavy atom. The molecule has 0 fully saturated rings. The van der Waals surface area contributed by atoms with Crippen molar-refractivity contribution in [2.45, 2.75) is 277 Å². The van der Waals surface area contributed by atoms with Crippen LogP contribution in [0.25, 0.3) is 0 Å². The normalized spacial score (nSPS) is 14.3. The monoisotopic (exact) mass is 1070 g/mol. The molecule has 0 heterocycles. The minimum absolute atomic E-state index is 0.0294. The summed E-state index contributed by atoms with van der Waals surface area (Å²) in [7, 11) is 1.16. The summed E-state index contributed by atoms with van der Waals surface area (Å²) in [5.74, 6) is -0.564. The number of ether oxygens (including phenoxy) is 1. The lowest BCUT2D eigenvalue weighted by atomic mass is 10.0. The number of amides is 1. The summed E-state index contributed by atoms with van der Waals surface area (Å²) in [5, 5.41) is 3.02. The first-order chi connectivity index (χ1) is 36.4. The second-order valence-electron chi connectivity index (χ2n) is 21.8. The van der Waals surface area contributed by atoms with E-state index in [1.807, 2.05) is 33.3 Å². The zero-order valence-corrected chi connectivity index (χ0v) is 50.4. The van der Waals surface area contributed by atoms with E-state index in [-0.39, 0.29) is 24.9 Å². The fourth-order valence-corrected chi connectivity index (χ4v) is 9.27. The van der Waals surface area contributed by atoms with Gasteiger partial charge in [0.2, 0.25) is 5.91 Å². The highest BCUT2D eigenvalue weighted by molar-refractivity contribution is 7.45. The second-order valence-corrected chi connectivity index (χ2v) is 23.2. The molecule has 1 N–H and O–H groups in total. The Morgan fingerprint density at radius 2 is 0.853 bits per heavy atom. The number of rotatable bonds is 55. The van der Waals surface area contributed by atoms with E-state index >= 15 is 0 Å². The molecule has 0 aliphatic heterocycles. The van der Waals surface area contributed by atoms with Crippen molar-refractivity contribution in [1.29, 1.82) is 0 Å². The molecule has 10 heteroatoms. The van der Waals surface area contributed by atoms with E-state index in [9.17, 15) is 19.0 Å². The topological polar surface area (TPSA) is 114 Å². The van der Waals surface area contributed by atoms with E-state index in [1.165, 1.54) is 116 Å². The number of carbonyl (C=O) groups is 2. The molecule has 0 aliphatic rings. The fraction of sp³-hybridized carbons (Fsp3) is 0.754. The molecule has 0 aromatic rings. The molecule has 0 radical (unpaired) electrons. The second kappa shape index (κ2) is 54.5. The van der Waals surface area contributed by atoms with Crippen LogP contribution in [-0.4, -0.2) is 69.4 Å². The summed E-state index contributed by atoms with van der Waals surface area (Å²) in [4.78, 5) is 39.9. The molecule has 9 nitrogen and oxygen atoms in total. The van der Waals surface area contributed by atoms with Crippen LogP contribution in [0.15, 0.2) is 85.1 Å². The van der Waals surface area contributed by atoms with Crippen LogP contribution in [0.3, 0.4) is 0 Å². The molecule has 0 saturated carbocycles. The van der Waals surface area contributed by atoms with E-state index in [0.29, 0.717) is 17.4 Å². The average molecular weight is 1070 g/mol. The summed E-state index contributed by atoms with van der Waals surface area (Å²) >= 11 is 0. The molecule has 0 spiro atoms. The summed E-state index contributed by atoms with van der Waals surface area (Å²) in [5.41, 5.74) is 0. The van der Waals surface area contributed by atoms with E-state index in [0.717, 1.165) is 116 Å². The predicted octanol–water partition coefficient (Wildman–Crippen LogP) is 18.4. The largest absolute Gasteiger partial charge is 0.756 e. The molecule has 0 rings (SSSR count). The van der Waals surface area contributed by atoms with Gasteiger partial charge in [-0.1, -0.05) is 235 Å². The minimum Gasteiger partial charge on any atom is -0.756 e. The molecule has 0 aromatic heterocycles. The summed E-state index contributed by atoms with van der Waals surface area (Å²) < 4.78 is 30.3. The number of phosphoric ester groups is 1. The van der Waals surface area contributed by atoms with Gasteiger partial charge in [-0.2, -0.15) is 0 Å². The molecular weight excluding hydrogens is 952 g/mol. The zero-order chi connectivity index (χ0) is 55.0. The molecule has 0 aromatic carbocycles. The van der Waals surface area contributed by atoms with Gasteiger partial charge in [-0.05, 0) is 102 Å². The maximum Gasteiger partial charge on any atom is 0.306 e. The Kier molecular flexibility index (Phi) is 52.5. The molecule has 3 unspecified atom stereocenters. The number of nitrogens with one attached hydrogen (secondary N) is 1. The van der Waals surface area contributed by atoms with E-state index < -0.39 is 26.6 Å². The summed E-state index contributed by atoms with van der Waals surface area (Å²) in [6, 6.07) is -0.901. The minimum atomic E-state index is -4.71. The van der Waals surface area contributed by atoms with Gasteiger partial charge in [-0.3, -0.25) is 14.2 Å². The lowest BCUT2D eigenvalue weighted by Crippen LogP contribution is -2.47. The molecule has 434 valence electrons. The number of phosphoric acid groups is 1. The van der Waals surface area contributed by atoms with Crippen molar-refractivity contribution < 1.29 is 37.3 Å². The Morgan fingerprint density at radius 1 is 0.480 bits per heavy atom. The number of nitrogens with zero attached hydrogens (tertiary/aromatic N) is 1. The Balaban J connectivity index is 5.24. The average Bonchev–Trinajstić information content (AvgIpc) is 3.37. The van der Waals surface area contributed by atoms with Crippen LogP contribution in [0.4, 0.5) is 0 Å². The number of likely N-dealkylation sites (N-methyl/N-ethyl adjacent to an activating group) is 1. The zero-order valence-electron chi connectivity index (χ0n) is 49.5.